The summed E-state index contributed by atoms with van der Waals surface area (Å²) in [4.78, 5) is 43.5. The molecule has 7 nitrogen and oxygen atoms in total. The topological polar surface area (TPSA) is 98.3 Å². The van der Waals surface area contributed by atoms with Crippen molar-refractivity contribution in [2.75, 3.05) is 7.11 Å². The lowest BCUT2D eigenvalue weighted by Crippen LogP contribution is -2.14. The minimum absolute atomic E-state index is 0.0569. The summed E-state index contributed by atoms with van der Waals surface area (Å²) in [6, 6.07) is 4.01. The molecule has 0 atom stereocenters. The van der Waals surface area contributed by atoms with Crippen molar-refractivity contribution >= 4 is 33.5 Å². The molecule has 0 fully saturated rings. The van der Waals surface area contributed by atoms with Crippen LogP contribution in [0.2, 0.25) is 0 Å². The summed E-state index contributed by atoms with van der Waals surface area (Å²) in [6.45, 7) is 2.91. The molecule has 0 amide bonds. The standard InChI is InChI=1S/C18H15FN2O5S/c1-8-4-5-10(6-11(8)19)17(23)26-7-12-20-15(22)13-9(2)14(18(24)25-3)27-16(13)21-12/h4-6H,7H2,1-3H3,(H,20,21,22). The monoisotopic (exact) mass is 390 g/mol. The van der Waals surface area contributed by atoms with Crippen molar-refractivity contribution in [3.05, 3.63) is 61.8 Å². The van der Waals surface area contributed by atoms with Gasteiger partial charge in [-0.1, -0.05) is 6.07 Å². The predicted molar refractivity (Wildman–Crippen MR) is 96.6 cm³/mol. The molecule has 0 saturated carbocycles. The van der Waals surface area contributed by atoms with E-state index in [1.54, 1.807) is 13.8 Å². The van der Waals surface area contributed by atoms with Crippen LogP contribution in [0, 0.1) is 19.7 Å². The molecule has 0 saturated heterocycles. The molecule has 0 spiro atoms. The molecular formula is C18H15FN2O5S. The number of halogens is 1. The van der Waals surface area contributed by atoms with Gasteiger partial charge in [-0.05, 0) is 37.1 Å². The number of benzene rings is 1. The summed E-state index contributed by atoms with van der Waals surface area (Å²) < 4.78 is 23.3. The van der Waals surface area contributed by atoms with E-state index < -0.39 is 23.3 Å². The van der Waals surface area contributed by atoms with Gasteiger partial charge in [-0.25, -0.2) is 19.0 Å². The molecule has 0 unspecified atom stereocenters. The minimum atomic E-state index is -0.741. The molecule has 0 aliphatic rings. The van der Waals surface area contributed by atoms with Crippen molar-refractivity contribution in [2.45, 2.75) is 20.5 Å². The molecule has 140 valence electrons. The maximum atomic E-state index is 13.6. The Morgan fingerprint density at radius 1 is 1.26 bits per heavy atom. The lowest BCUT2D eigenvalue weighted by molar-refractivity contribution is 0.0461. The van der Waals surface area contributed by atoms with Gasteiger partial charge < -0.3 is 14.5 Å². The van der Waals surface area contributed by atoms with E-state index in [2.05, 4.69) is 9.97 Å². The second-order valence-corrected chi connectivity index (χ2v) is 6.78. The summed E-state index contributed by atoms with van der Waals surface area (Å²) in [5, 5.41) is 0.288. The molecule has 27 heavy (non-hydrogen) atoms. The number of methoxy groups -OCH3 is 1. The summed E-state index contributed by atoms with van der Waals surface area (Å²) in [5.74, 6) is -1.69. The highest BCUT2D eigenvalue weighted by Gasteiger charge is 2.20. The van der Waals surface area contributed by atoms with Gasteiger partial charge in [0, 0.05) is 0 Å². The quantitative estimate of drug-likeness (QED) is 0.688. The van der Waals surface area contributed by atoms with Gasteiger partial charge in [0.15, 0.2) is 0 Å². The first kappa shape index (κ1) is 18.7. The fraction of sp³-hybridized carbons (Fsp3) is 0.222. The number of aromatic amines is 1. The number of carbonyl (C=O) groups is 2. The second-order valence-electron chi connectivity index (χ2n) is 5.78. The SMILES string of the molecule is COC(=O)c1sc2nc(COC(=O)c3ccc(C)c(F)c3)[nH]c(=O)c2c1C. The summed E-state index contributed by atoms with van der Waals surface area (Å²) in [6.07, 6.45) is 0. The van der Waals surface area contributed by atoms with Crippen LogP contribution in [0.4, 0.5) is 4.39 Å². The number of rotatable bonds is 4. The minimum Gasteiger partial charge on any atom is -0.465 e. The van der Waals surface area contributed by atoms with Gasteiger partial charge in [-0.15, -0.1) is 11.3 Å². The van der Waals surface area contributed by atoms with E-state index in [1.165, 1.54) is 19.2 Å². The number of hydrogen-bond acceptors (Lipinski definition) is 7. The number of nitrogens with one attached hydrogen (secondary N) is 1. The number of ether oxygens (including phenoxy) is 2. The van der Waals surface area contributed by atoms with Crippen LogP contribution in [0.1, 0.15) is 37.0 Å². The zero-order valence-corrected chi connectivity index (χ0v) is 15.5. The number of aryl methyl sites for hydroxylation is 2. The van der Waals surface area contributed by atoms with Gasteiger partial charge in [0.05, 0.1) is 18.1 Å². The highest BCUT2D eigenvalue weighted by molar-refractivity contribution is 7.20. The maximum absolute atomic E-state index is 13.6. The van der Waals surface area contributed by atoms with E-state index in [0.29, 0.717) is 16.0 Å². The van der Waals surface area contributed by atoms with E-state index in [4.69, 9.17) is 9.47 Å². The summed E-state index contributed by atoms with van der Waals surface area (Å²) in [7, 11) is 1.25. The predicted octanol–water partition coefficient (Wildman–Crippen LogP) is 2.88. The molecule has 1 N–H and O–H groups in total. The molecule has 0 bridgehead atoms. The third kappa shape index (κ3) is 3.59. The van der Waals surface area contributed by atoms with E-state index in [1.807, 2.05) is 0 Å². The molecule has 9 heteroatoms. The van der Waals surface area contributed by atoms with E-state index >= 15 is 0 Å². The van der Waals surface area contributed by atoms with Crippen LogP contribution in [0.15, 0.2) is 23.0 Å². The van der Waals surface area contributed by atoms with Crippen molar-refractivity contribution in [2.24, 2.45) is 0 Å². The van der Waals surface area contributed by atoms with Crippen LogP contribution in [-0.2, 0) is 16.1 Å². The van der Waals surface area contributed by atoms with Crippen molar-refractivity contribution in [3.63, 3.8) is 0 Å². The molecule has 2 heterocycles. The van der Waals surface area contributed by atoms with Crippen molar-refractivity contribution < 1.29 is 23.5 Å². The Labute approximate surface area is 156 Å². The number of aromatic nitrogens is 2. The molecule has 2 aromatic heterocycles. The number of esters is 2. The number of nitrogens with zero attached hydrogens (tertiary/aromatic N) is 1. The van der Waals surface area contributed by atoms with Crippen molar-refractivity contribution in [1.29, 1.82) is 0 Å². The van der Waals surface area contributed by atoms with Gasteiger partial charge in [0.2, 0.25) is 0 Å². The Kier molecular flexibility index (Phi) is 5.04. The molecule has 3 rings (SSSR count). The first-order valence-electron chi connectivity index (χ1n) is 7.85. The average molecular weight is 390 g/mol. The Morgan fingerprint density at radius 2 is 2.00 bits per heavy atom. The Balaban J connectivity index is 1.85. The number of hydrogen-bond donors (Lipinski definition) is 1. The zero-order valence-electron chi connectivity index (χ0n) is 14.7. The van der Waals surface area contributed by atoms with E-state index in [0.717, 1.165) is 17.4 Å². The molecule has 0 aliphatic heterocycles. The largest absolute Gasteiger partial charge is 0.465 e. The number of carbonyl (C=O) groups excluding carboxylic acids is 2. The molecule has 3 aromatic rings. The highest BCUT2D eigenvalue weighted by Crippen LogP contribution is 2.27. The van der Waals surface area contributed by atoms with Gasteiger partial charge in [0.1, 0.15) is 28.0 Å². The van der Waals surface area contributed by atoms with Gasteiger partial charge >= 0.3 is 11.9 Å². The van der Waals surface area contributed by atoms with Crippen molar-refractivity contribution in [1.82, 2.24) is 9.97 Å². The number of fused-ring (bicyclic) bond motifs is 1. The molecular weight excluding hydrogens is 375 g/mol. The maximum Gasteiger partial charge on any atom is 0.348 e. The van der Waals surface area contributed by atoms with Crippen LogP contribution < -0.4 is 5.56 Å². The summed E-state index contributed by atoms with van der Waals surface area (Å²) >= 11 is 1.02. The van der Waals surface area contributed by atoms with E-state index in [9.17, 15) is 18.8 Å². The van der Waals surface area contributed by atoms with Gasteiger partial charge in [-0.3, -0.25) is 4.79 Å². The van der Waals surface area contributed by atoms with Crippen molar-refractivity contribution in [3.8, 4) is 0 Å². The first-order chi connectivity index (χ1) is 12.8. The van der Waals surface area contributed by atoms with Crippen LogP contribution in [0.5, 0.6) is 0 Å². The van der Waals surface area contributed by atoms with Crippen LogP contribution in [-0.4, -0.2) is 29.0 Å². The number of thiophene rings is 1. The van der Waals surface area contributed by atoms with Crippen LogP contribution in [0.25, 0.3) is 10.2 Å². The highest BCUT2D eigenvalue weighted by atomic mass is 32.1. The normalized spacial score (nSPS) is 10.8. The first-order valence-corrected chi connectivity index (χ1v) is 8.67. The van der Waals surface area contributed by atoms with Gasteiger partial charge in [0.25, 0.3) is 5.56 Å². The zero-order chi connectivity index (χ0) is 19.7. The smallest absolute Gasteiger partial charge is 0.348 e. The lowest BCUT2D eigenvalue weighted by Gasteiger charge is -2.05. The Hall–Kier alpha value is -3.07. The van der Waals surface area contributed by atoms with Crippen LogP contribution in [0.3, 0.4) is 0 Å². The Morgan fingerprint density at radius 3 is 2.67 bits per heavy atom. The number of H-pyrrole nitrogens is 1. The lowest BCUT2D eigenvalue weighted by atomic mass is 10.1. The fourth-order valence-corrected chi connectivity index (χ4v) is 3.60. The third-order valence-electron chi connectivity index (χ3n) is 3.97. The molecule has 0 radical (unpaired) electrons. The molecule has 0 aliphatic carbocycles. The van der Waals surface area contributed by atoms with Gasteiger partial charge in [-0.2, -0.15) is 0 Å². The second kappa shape index (κ2) is 7.28. The fourth-order valence-electron chi connectivity index (χ4n) is 2.48. The third-order valence-corrected chi connectivity index (χ3v) is 5.13. The Bertz CT molecular complexity index is 1120. The van der Waals surface area contributed by atoms with Crippen LogP contribution >= 0.6 is 11.3 Å². The van der Waals surface area contributed by atoms with E-state index in [-0.39, 0.29) is 28.3 Å². The average Bonchev–Trinajstić information content (AvgIpc) is 2.98. The summed E-state index contributed by atoms with van der Waals surface area (Å²) in [5.41, 5.74) is 0.504. The molecule has 1 aromatic carbocycles.